The van der Waals surface area contributed by atoms with E-state index in [1.54, 1.807) is 12.2 Å². The van der Waals surface area contributed by atoms with Gasteiger partial charge in [-0.25, -0.2) is 0 Å². The third-order valence-electron chi connectivity index (χ3n) is 2.80. The van der Waals surface area contributed by atoms with Crippen LogP contribution >= 0.6 is 0 Å². The minimum atomic E-state index is -0.742. The lowest BCUT2D eigenvalue weighted by atomic mass is 10.1. The minimum absolute atomic E-state index is 0.298. The van der Waals surface area contributed by atoms with Gasteiger partial charge < -0.3 is 14.2 Å². The fraction of sp³-hybridized carbons (Fsp3) is 0.381. The van der Waals surface area contributed by atoms with Gasteiger partial charge in [0.05, 0.1) is 6.26 Å². The molecule has 0 fully saturated rings. The molecule has 0 spiro atoms. The van der Waals surface area contributed by atoms with E-state index in [9.17, 15) is 14.4 Å². The molecule has 0 aliphatic carbocycles. The smallest absolute Gasteiger partial charge is 0.307 e. The van der Waals surface area contributed by atoms with Gasteiger partial charge >= 0.3 is 17.9 Å². The second-order valence-electron chi connectivity index (χ2n) is 5.85. The lowest BCUT2D eigenvalue weighted by Gasteiger charge is -2.16. The maximum absolute atomic E-state index is 11.4. The predicted molar refractivity (Wildman–Crippen MR) is 102 cm³/mol. The van der Waals surface area contributed by atoms with Gasteiger partial charge in [-0.1, -0.05) is 23.5 Å². The van der Waals surface area contributed by atoms with Gasteiger partial charge in [-0.3, -0.25) is 14.4 Å². The Balaban J connectivity index is 5.54. The van der Waals surface area contributed by atoms with Crippen molar-refractivity contribution in [3.63, 3.8) is 0 Å². The van der Waals surface area contributed by atoms with Gasteiger partial charge in [0.2, 0.25) is 0 Å². The van der Waals surface area contributed by atoms with Gasteiger partial charge in [-0.05, 0) is 38.5 Å². The zero-order valence-corrected chi connectivity index (χ0v) is 16.6. The molecule has 0 heterocycles. The van der Waals surface area contributed by atoms with Crippen molar-refractivity contribution in [1.29, 1.82) is 0 Å². The topological polar surface area (TPSA) is 78.9 Å². The van der Waals surface area contributed by atoms with Crippen LogP contribution in [0, 0.1) is 11.8 Å². The average Bonchev–Trinajstić information content (AvgIpc) is 2.53. The second kappa shape index (κ2) is 13.2. The summed E-state index contributed by atoms with van der Waals surface area (Å²) in [5.41, 5.74) is 2.23. The molecule has 0 aromatic rings. The quantitative estimate of drug-likeness (QED) is 0.222. The van der Waals surface area contributed by atoms with Gasteiger partial charge in [0.25, 0.3) is 0 Å². The Kier molecular flexibility index (Phi) is 11.7. The highest BCUT2D eigenvalue weighted by Crippen LogP contribution is 2.16. The molecule has 146 valence electrons. The molecule has 0 aromatic carbocycles. The average molecular weight is 374 g/mol. The molecule has 6 nitrogen and oxygen atoms in total. The van der Waals surface area contributed by atoms with Crippen molar-refractivity contribution in [2.24, 2.45) is 0 Å². The number of ether oxygens (including phenoxy) is 3. The zero-order chi connectivity index (χ0) is 20.8. The van der Waals surface area contributed by atoms with Crippen LogP contribution in [0.2, 0.25) is 0 Å². The predicted octanol–water partition coefficient (Wildman–Crippen LogP) is 3.75. The Hall–Kier alpha value is -3.07. The summed E-state index contributed by atoms with van der Waals surface area (Å²) in [5.74, 6) is 4.35. The minimum Gasteiger partial charge on any atom is -0.457 e. The number of rotatable bonds is 7. The highest BCUT2D eigenvalue weighted by Gasteiger charge is 2.16. The molecule has 0 N–H and O–H groups in total. The molecule has 0 aliphatic rings. The molecule has 6 heteroatoms. The van der Waals surface area contributed by atoms with Crippen molar-refractivity contribution >= 4 is 17.9 Å². The Morgan fingerprint density at radius 1 is 0.926 bits per heavy atom. The van der Waals surface area contributed by atoms with Crippen LogP contribution in [-0.2, 0) is 28.6 Å². The monoisotopic (exact) mass is 374 g/mol. The van der Waals surface area contributed by atoms with E-state index in [2.05, 4.69) is 11.8 Å². The highest BCUT2D eigenvalue weighted by atomic mass is 16.5. The largest absolute Gasteiger partial charge is 0.457 e. The number of esters is 3. The van der Waals surface area contributed by atoms with E-state index in [0.717, 1.165) is 23.7 Å². The summed E-state index contributed by atoms with van der Waals surface area (Å²) < 4.78 is 14.9. The third kappa shape index (κ3) is 13.9. The van der Waals surface area contributed by atoms with Crippen LogP contribution in [0.1, 0.15) is 48.0 Å². The number of hydrogen-bond donors (Lipinski definition) is 0. The molecular weight excluding hydrogens is 348 g/mol. The molecule has 1 atom stereocenters. The first-order valence-electron chi connectivity index (χ1n) is 8.31. The summed E-state index contributed by atoms with van der Waals surface area (Å²) in [7, 11) is 0. The fourth-order valence-electron chi connectivity index (χ4n) is 1.66. The Labute approximate surface area is 160 Å². The van der Waals surface area contributed by atoms with Crippen LogP contribution in [0.25, 0.3) is 0 Å². The van der Waals surface area contributed by atoms with Crippen LogP contribution in [0.15, 0.2) is 47.5 Å². The van der Waals surface area contributed by atoms with Crippen LogP contribution < -0.4 is 0 Å². The molecule has 1 unspecified atom stereocenters. The standard InChI is InChI=1S/C21H26O6/c1-15(2)8-7-9-16(3)10-11-21(27-19(6)24)20(14-26-18(5)23)12-13-25-17(4)22/h8,10,12-14,21H,11H2,1-6H3/b13-12+,16-10+,20-14+. The van der Waals surface area contributed by atoms with Crippen LogP contribution in [0.3, 0.4) is 0 Å². The van der Waals surface area contributed by atoms with Crippen molar-refractivity contribution < 1.29 is 28.6 Å². The molecule has 27 heavy (non-hydrogen) atoms. The van der Waals surface area contributed by atoms with Gasteiger partial charge in [-0.15, -0.1) is 0 Å². The lowest BCUT2D eigenvalue weighted by molar-refractivity contribution is -0.144. The first-order valence-corrected chi connectivity index (χ1v) is 8.31. The molecule has 0 amide bonds. The van der Waals surface area contributed by atoms with Gasteiger partial charge in [0.1, 0.15) is 12.4 Å². The van der Waals surface area contributed by atoms with Gasteiger partial charge in [0, 0.05) is 32.8 Å². The van der Waals surface area contributed by atoms with E-state index in [-0.39, 0.29) is 0 Å². The van der Waals surface area contributed by atoms with E-state index in [4.69, 9.17) is 14.2 Å². The third-order valence-corrected chi connectivity index (χ3v) is 2.80. The number of carbonyl (C=O) groups excluding carboxylic acids is 3. The van der Waals surface area contributed by atoms with E-state index >= 15 is 0 Å². The molecule has 0 saturated carbocycles. The van der Waals surface area contributed by atoms with Gasteiger partial charge in [-0.2, -0.15) is 0 Å². The van der Waals surface area contributed by atoms with Gasteiger partial charge in [0.15, 0.2) is 0 Å². The molecule has 0 saturated heterocycles. The molecular formula is C21H26O6. The van der Waals surface area contributed by atoms with E-state index < -0.39 is 24.0 Å². The van der Waals surface area contributed by atoms with E-state index in [0.29, 0.717) is 12.0 Å². The summed E-state index contributed by atoms with van der Waals surface area (Å²) in [4.78, 5) is 33.5. The number of hydrogen-bond acceptors (Lipinski definition) is 6. The number of allylic oxidation sites excluding steroid dienone is 3. The molecule has 0 aromatic heterocycles. The number of carbonyl (C=O) groups is 3. The zero-order valence-electron chi connectivity index (χ0n) is 16.6. The lowest BCUT2D eigenvalue weighted by Crippen LogP contribution is -2.18. The summed E-state index contributed by atoms with van der Waals surface area (Å²) in [6.07, 6.45) is 6.86. The van der Waals surface area contributed by atoms with Crippen LogP contribution in [0.5, 0.6) is 0 Å². The Bertz CT molecular complexity index is 722. The van der Waals surface area contributed by atoms with Crippen molar-refractivity contribution in [2.75, 3.05) is 0 Å². The summed E-state index contributed by atoms with van der Waals surface area (Å²) in [5, 5.41) is 0. The Morgan fingerprint density at radius 2 is 1.56 bits per heavy atom. The van der Waals surface area contributed by atoms with Crippen molar-refractivity contribution in [3.8, 4) is 11.8 Å². The summed E-state index contributed by atoms with van der Waals surface area (Å²) in [6.45, 7) is 9.50. The van der Waals surface area contributed by atoms with Crippen molar-refractivity contribution in [3.05, 3.63) is 47.5 Å². The molecule has 0 rings (SSSR count). The van der Waals surface area contributed by atoms with E-state index in [1.807, 2.05) is 20.8 Å². The SMILES string of the molecule is CC(=O)O/C=C/C(=C\OC(C)=O)C(C/C=C(\C)C#CC=C(C)C)OC(C)=O. The van der Waals surface area contributed by atoms with Crippen LogP contribution in [-0.4, -0.2) is 24.0 Å². The highest BCUT2D eigenvalue weighted by molar-refractivity contribution is 5.68. The first kappa shape index (κ1) is 23.9. The molecule has 0 bridgehead atoms. The van der Waals surface area contributed by atoms with Crippen molar-refractivity contribution in [2.45, 2.75) is 54.1 Å². The van der Waals surface area contributed by atoms with E-state index in [1.165, 1.54) is 26.8 Å². The normalized spacial score (nSPS) is 12.5. The molecule has 0 aliphatic heterocycles. The molecule has 0 radical (unpaired) electrons. The maximum atomic E-state index is 11.4. The summed E-state index contributed by atoms with van der Waals surface area (Å²) >= 11 is 0. The van der Waals surface area contributed by atoms with Crippen molar-refractivity contribution in [1.82, 2.24) is 0 Å². The first-order chi connectivity index (χ1) is 12.6. The maximum Gasteiger partial charge on any atom is 0.307 e. The Morgan fingerprint density at radius 3 is 2.07 bits per heavy atom. The van der Waals surface area contributed by atoms with Crippen LogP contribution in [0.4, 0.5) is 0 Å². The summed E-state index contributed by atoms with van der Waals surface area (Å²) in [6, 6.07) is 0. The fourth-order valence-corrected chi connectivity index (χ4v) is 1.66. The second-order valence-corrected chi connectivity index (χ2v) is 5.85.